The van der Waals surface area contributed by atoms with Crippen molar-refractivity contribution in [2.24, 2.45) is 5.92 Å². The maximum Gasteiger partial charge on any atom is 0.124 e. The van der Waals surface area contributed by atoms with Crippen molar-refractivity contribution in [2.75, 3.05) is 6.54 Å². The molecule has 2 unspecified atom stereocenters. The SMILES string of the molecule is CCCNCc1cc(Cl)ccc1OC1CCCCC1CC. The third kappa shape index (κ3) is 4.89. The lowest BCUT2D eigenvalue weighted by molar-refractivity contribution is 0.0893. The molecule has 0 aliphatic heterocycles. The van der Waals surface area contributed by atoms with Crippen LogP contribution < -0.4 is 10.1 Å². The van der Waals surface area contributed by atoms with Gasteiger partial charge in [-0.2, -0.15) is 0 Å². The van der Waals surface area contributed by atoms with E-state index in [-0.39, 0.29) is 0 Å². The molecular formula is C18H28ClNO. The van der Waals surface area contributed by atoms with Gasteiger partial charge in [0.1, 0.15) is 11.9 Å². The average Bonchev–Trinajstić information content (AvgIpc) is 2.50. The highest BCUT2D eigenvalue weighted by molar-refractivity contribution is 6.30. The highest BCUT2D eigenvalue weighted by Gasteiger charge is 2.25. The summed E-state index contributed by atoms with van der Waals surface area (Å²) in [5.41, 5.74) is 1.18. The van der Waals surface area contributed by atoms with E-state index in [2.05, 4.69) is 19.2 Å². The van der Waals surface area contributed by atoms with Gasteiger partial charge in [-0.1, -0.05) is 31.9 Å². The molecule has 1 N–H and O–H groups in total. The van der Waals surface area contributed by atoms with Gasteiger partial charge in [0, 0.05) is 17.1 Å². The van der Waals surface area contributed by atoms with E-state index in [4.69, 9.17) is 16.3 Å². The fourth-order valence-electron chi connectivity index (χ4n) is 3.16. The van der Waals surface area contributed by atoms with Crippen LogP contribution >= 0.6 is 11.6 Å². The number of hydrogen-bond donors (Lipinski definition) is 1. The minimum absolute atomic E-state index is 0.370. The minimum Gasteiger partial charge on any atom is -0.490 e. The molecule has 1 aromatic rings. The highest BCUT2D eigenvalue weighted by atomic mass is 35.5. The normalized spacial score (nSPS) is 22.2. The van der Waals surface area contributed by atoms with Gasteiger partial charge in [-0.05, 0) is 62.8 Å². The molecule has 1 aromatic carbocycles. The third-order valence-electron chi connectivity index (χ3n) is 4.41. The lowest BCUT2D eigenvalue weighted by Gasteiger charge is -2.32. The maximum atomic E-state index is 6.38. The van der Waals surface area contributed by atoms with Crippen molar-refractivity contribution in [1.29, 1.82) is 0 Å². The second-order valence-electron chi connectivity index (χ2n) is 6.04. The van der Waals surface area contributed by atoms with Crippen LogP contribution in [0.3, 0.4) is 0 Å². The first-order valence-corrected chi connectivity index (χ1v) is 8.78. The molecule has 21 heavy (non-hydrogen) atoms. The second kappa shape index (κ2) is 8.65. The van der Waals surface area contributed by atoms with Crippen LogP contribution in [-0.2, 0) is 6.54 Å². The quantitative estimate of drug-likeness (QED) is 0.700. The fraction of sp³-hybridized carbons (Fsp3) is 0.667. The monoisotopic (exact) mass is 309 g/mol. The summed E-state index contributed by atoms with van der Waals surface area (Å²) < 4.78 is 6.38. The van der Waals surface area contributed by atoms with Crippen LogP contribution in [0.2, 0.25) is 5.02 Å². The van der Waals surface area contributed by atoms with E-state index in [1.54, 1.807) is 0 Å². The molecular weight excluding hydrogens is 282 g/mol. The zero-order chi connectivity index (χ0) is 15.1. The van der Waals surface area contributed by atoms with Gasteiger partial charge in [0.05, 0.1) is 0 Å². The van der Waals surface area contributed by atoms with Gasteiger partial charge in [0.2, 0.25) is 0 Å². The molecule has 3 heteroatoms. The van der Waals surface area contributed by atoms with Gasteiger partial charge in [0.25, 0.3) is 0 Å². The summed E-state index contributed by atoms with van der Waals surface area (Å²) in [6, 6.07) is 6.00. The summed E-state index contributed by atoms with van der Waals surface area (Å²) in [5.74, 6) is 1.71. The summed E-state index contributed by atoms with van der Waals surface area (Å²) >= 11 is 6.15. The van der Waals surface area contributed by atoms with E-state index in [0.29, 0.717) is 12.0 Å². The van der Waals surface area contributed by atoms with Crippen molar-refractivity contribution in [1.82, 2.24) is 5.32 Å². The molecule has 0 saturated heterocycles. The molecule has 1 fully saturated rings. The van der Waals surface area contributed by atoms with Crippen LogP contribution in [-0.4, -0.2) is 12.6 Å². The Morgan fingerprint density at radius 1 is 1.24 bits per heavy atom. The molecule has 0 amide bonds. The van der Waals surface area contributed by atoms with E-state index in [1.807, 2.05) is 18.2 Å². The van der Waals surface area contributed by atoms with Crippen molar-refractivity contribution in [2.45, 2.75) is 65.0 Å². The van der Waals surface area contributed by atoms with Gasteiger partial charge in [0.15, 0.2) is 0 Å². The van der Waals surface area contributed by atoms with Crippen LogP contribution in [0, 0.1) is 5.92 Å². The smallest absolute Gasteiger partial charge is 0.124 e. The van der Waals surface area contributed by atoms with Crippen molar-refractivity contribution in [3.05, 3.63) is 28.8 Å². The molecule has 2 nitrogen and oxygen atoms in total. The molecule has 1 aliphatic carbocycles. The molecule has 0 radical (unpaired) electrons. The second-order valence-corrected chi connectivity index (χ2v) is 6.47. The Morgan fingerprint density at radius 3 is 2.81 bits per heavy atom. The summed E-state index contributed by atoms with van der Waals surface area (Å²) in [5, 5.41) is 4.23. The topological polar surface area (TPSA) is 21.3 Å². The van der Waals surface area contributed by atoms with Crippen molar-refractivity contribution < 1.29 is 4.74 Å². The molecule has 1 aliphatic rings. The number of rotatable bonds is 7. The highest BCUT2D eigenvalue weighted by Crippen LogP contribution is 2.32. The standard InChI is InChI=1S/C18H28ClNO/c1-3-11-20-13-15-12-16(19)9-10-18(15)21-17-8-6-5-7-14(17)4-2/h9-10,12,14,17,20H,3-8,11,13H2,1-2H3. The van der Waals surface area contributed by atoms with Gasteiger partial charge < -0.3 is 10.1 Å². The van der Waals surface area contributed by atoms with Crippen LogP contribution in [0.15, 0.2) is 18.2 Å². The molecule has 0 spiro atoms. The van der Waals surface area contributed by atoms with Gasteiger partial charge in [-0.15, -0.1) is 0 Å². The Hall–Kier alpha value is -0.730. The first kappa shape index (κ1) is 16.6. The Labute approximate surface area is 134 Å². The zero-order valence-corrected chi connectivity index (χ0v) is 14.1. The van der Waals surface area contributed by atoms with E-state index >= 15 is 0 Å². The molecule has 0 bridgehead atoms. The Morgan fingerprint density at radius 2 is 2.05 bits per heavy atom. The average molecular weight is 310 g/mol. The van der Waals surface area contributed by atoms with E-state index in [0.717, 1.165) is 30.3 Å². The first-order chi connectivity index (χ1) is 10.2. The number of benzene rings is 1. The Balaban J connectivity index is 2.06. The van der Waals surface area contributed by atoms with Crippen molar-refractivity contribution in [3.8, 4) is 5.75 Å². The van der Waals surface area contributed by atoms with Gasteiger partial charge in [-0.25, -0.2) is 0 Å². The lowest BCUT2D eigenvalue weighted by atomic mass is 9.84. The Bertz CT molecular complexity index is 435. The number of halogens is 1. The Kier molecular flexibility index (Phi) is 6.85. The largest absolute Gasteiger partial charge is 0.490 e. The fourth-order valence-corrected chi connectivity index (χ4v) is 3.35. The molecule has 2 atom stereocenters. The van der Waals surface area contributed by atoms with E-state index in [9.17, 15) is 0 Å². The predicted molar refractivity (Wildman–Crippen MR) is 90.1 cm³/mol. The first-order valence-electron chi connectivity index (χ1n) is 8.40. The van der Waals surface area contributed by atoms with Crippen LogP contribution in [0.5, 0.6) is 5.75 Å². The summed E-state index contributed by atoms with van der Waals surface area (Å²) in [7, 11) is 0. The lowest BCUT2D eigenvalue weighted by Crippen LogP contribution is -2.30. The van der Waals surface area contributed by atoms with Crippen LogP contribution in [0.25, 0.3) is 0 Å². The summed E-state index contributed by atoms with van der Waals surface area (Å²) in [4.78, 5) is 0. The molecule has 118 valence electrons. The van der Waals surface area contributed by atoms with Crippen molar-refractivity contribution >= 4 is 11.6 Å². The van der Waals surface area contributed by atoms with Crippen LogP contribution in [0.1, 0.15) is 57.9 Å². The number of ether oxygens (including phenoxy) is 1. The zero-order valence-electron chi connectivity index (χ0n) is 13.3. The molecule has 0 aromatic heterocycles. The molecule has 1 saturated carbocycles. The number of nitrogens with one attached hydrogen (secondary N) is 1. The minimum atomic E-state index is 0.370. The molecule has 2 rings (SSSR count). The predicted octanol–water partition coefficient (Wildman–Crippen LogP) is 5.19. The van der Waals surface area contributed by atoms with Crippen molar-refractivity contribution in [3.63, 3.8) is 0 Å². The number of hydrogen-bond acceptors (Lipinski definition) is 2. The van der Waals surface area contributed by atoms with E-state index < -0.39 is 0 Å². The third-order valence-corrected chi connectivity index (χ3v) is 4.64. The van der Waals surface area contributed by atoms with Gasteiger partial charge in [-0.3, -0.25) is 0 Å². The molecule has 0 heterocycles. The van der Waals surface area contributed by atoms with E-state index in [1.165, 1.54) is 37.7 Å². The maximum absolute atomic E-state index is 6.38. The van der Waals surface area contributed by atoms with Crippen LogP contribution in [0.4, 0.5) is 0 Å². The summed E-state index contributed by atoms with van der Waals surface area (Å²) in [6.07, 6.45) is 7.84. The summed E-state index contributed by atoms with van der Waals surface area (Å²) in [6.45, 7) is 6.30. The van der Waals surface area contributed by atoms with Gasteiger partial charge >= 0.3 is 0 Å².